The van der Waals surface area contributed by atoms with Gasteiger partial charge in [0.25, 0.3) is 5.91 Å². The van der Waals surface area contributed by atoms with Gasteiger partial charge in [-0.05, 0) is 68.8 Å². The molecule has 0 aliphatic heterocycles. The van der Waals surface area contributed by atoms with Crippen molar-refractivity contribution >= 4 is 5.91 Å². The maximum atomic E-state index is 14.5. The molecular weight excluding hydrogens is 457 g/mol. The second-order valence-corrected chi connectivity index (χ2v) is 8.56. The zero-order valence-corrected chi connectivity index (χ0v) is 20.9. The maximum Gasteiger partial charge on any atom is 0.257 e. The van der Waals surface area contributed by atoms with Crippen LogP contribution in [0.4, 0.5) is 4.39 Å². The average molecular weight is 488 g/mol. The van der Waals surface area contributed by atoms with Crippen LogP contribution in [0.25, 0.3) is 5.69 Å². The van der Waals surface area contributed by atoms with Crippen molar-refractivity contribution in [1.29, 1.82) is 0 Å². The highest BCUT2D eigenvalue weighted by molar-refractivity contribution is 5.94. The maximum absolute atomic E-state index is 14.5. The fraction of sp³-hybridized carbons (Fsp3) is 0.241. The van der Waals surface area contributed by atoms with Crippen molar-refractivity contribution in [2.75, 3.05) is 7.11 Å². The number of carbonyl (C=O) groups is 1. The van der Waals surface area contributed by atoms with Crippen molar-refractivity contribution in [3.05, 3.63) is 102 Å². The molecule has 6 nitrogen and oxygen atoms in total. The molecule has 0 N–H and O–H groups in total. The number of carbonyl (C=O) groups excluding carboxylic acids is 1. The zero-order valence-electron chi connectivity index (χ0n) is 20.9. The van der Waals surface area contributed by atoms with E-state index in [1.54, 1.807) is 28.8 Å². The molecular formula is C29H30FN3O3. The van der Waals surface area contributed by atoms with Crippen molar-refractivity contribution in [3.8, 4) is 23.1 Å². The van der Waals surface area contributed by atoms with Gasteiger partial charge >= 0.3 is 0 Å². The van der Waals surface area contributed by atoms with Crippen molar-refractivity contribution in [3.63, 3.8) is 0 Å². The van der Waals surface area contributed by atoms with Crippen molar-refractivity contribution < 1.29 is 18.7 Å². The molecule has 186 valence electrons. The summed E-state index contributed by atoms with van der Waals surface area (Å²) in [6.45, 7) is 6.06. The van der Waals surface area contributed by atoms with Crippen LogP contribution in [0.1, 0.15) is 41.9 Å². The third-order valence-electron chi connectivity index (χ3n) is 6.23. The number of aryl methyl sites for hydroxylation is 1. The normalized spacial score (nSPS) is 11.7. The lowest BCUT2D eigenvalue weighted by molar-refractivity contribution is 0.0665. The Bertz CT molecular complexity index is 1320. The summed E-state index contributed by atoms with van der Waals surface area (Å²) in [5.41, 5.74) is 2.34. The van der Waals surface area contributed by atoms with E-state index in [-0.39, 0.29) is 24.1 Å². The van der Waals surface area contributed by atoms with Gasteiger partial charge in [-0.15, -0.1) is 0 Å². The Morgan fingerprint density at radius 2 is 1.64 bits per heavy atom. The highest BCUT2D eigenvalue weighted by Gasteiger charge is 2.28. The first-order valence-corrected chi connectivity index (χ1v) is 11.9. The number of ether oxygens (including phenoxy) is 2. The van der Waals surface area contributed by atoms with E-state index >= 15 is 0 Å². The molecule has 7 heteroatoms. The number of para-hydroxylation sites is 1. The third-order valence-corrected chi connectivity index (χ3v) is 6.23. The lowest BCUT2D eigenvalue weighted by Crippen LogP contribution is -2.38. The van der Waals surface area contributed by atoms with E-state index in [1.807, 2.05) is 75.4 Å². The Kier molecular flexibility index (Phi) is 7.68. The highest BCUT2D eigenvalue weighted by atomic mass is 19.1. The van der Waals surface area contributed by atoms with Crippen LogP contribution >= 0.6 is 0 Å². The van der Waals surface area contributed by atoms with Crippen LogP contribution in [0.5, 0.6) is 17.4 Å². The molecule has 0 fully saturated rings. The summed E-state index contributed by atoms with van der Waals surface area (Å²) in [6, 6.07) is 22.9. The van der Waals surface area contributed by atoms with Gasteiger partial charge < -0.3 is 14.4 Å². The van der Waals surface area contributed by atoms with Gasteiger partial charge in [0.1, 0.15) is 17.3 Å². The van der Waals surface area contributed by atoms with Crippen molar-refractivity contribution in [2.45, 2.75) is 39.8 Å². The van der Waals surface area contributed by atoms with Crippen LogP contribution in [-0.2, 0) is 6.54 Å². The molecule has 3 aromatic carbocycles. The van der Waals surface area contributed by atoms with Gasteiger partial charge in [-0.1, -0.05) is 37.3 Å². The summed E-state index contributed by atoms with van der Waals surface area (Å²) in [5.74, 6) is 0.906. The fourth-order valence-electron chi connectivity index (χ4n) is 3.93. The molecule has 4 rings (SSSR count). The van der Waals surface area contributed by atoms with Crippen molar-refractivity contribution in [2.24, 2.45) is 0 Å². The van der Waals surface area contributed by atoms with Crippen LogP contribution < -0.4 is 9.47 Å². The Morgan fingerprint density at radius 1 is 1.00 bits per heavy atom. The zero-order chi connectivity index (χ0) is 25.7. The monoisotopic (exact) mass is 487 g/mol. The predicted molar refractivity (Wildman–Crippen MR) is 137 cm³/mol. The minimum absolute atomic E-state index is 0.0449. The van der Waals surface area contributed by atoms with Crippen LogP contribution in [-0.4, -0.2) is 33.7 Å². The summed E-state index contributed by atoms with van der Waals surface area (Å²) in [5, 5.41) is 4.75. The number of rotatable bonds is 9. The first-order chi connectivity index (χ1) is 17.4. The largest absolute Gasteiger partial charge is 0.497 e. The topological polar surface area (TPSA) is 56.6 Å². The highest BCUT2D eigenvalue weighted by Crippen LogP contribution is 2.33. The summed E-state index contributed by atoms with van der Waals surface area (Å²) >= 11 is 0. The van der Waals surface area contributed by atoms with Gasteiger partial charge in [0.05, 0.1) is 36.2 Å². The van der Waals surface area contributed by atoms with Gasteiger partial charge in [0, 0.05) is 6.04 Å². The molecule has 1 atom stereocenters. The van der Waals surface area contributed by atoms with Gasteiger partial charge in [0.2, 0.25) is 5.88 Å². The Hall–Kier alpha value is -4.13. The molecule has 0 aliphatic rings. The molecule has 1 aromatic heterocycles. The number of hydrogen-bond acceptors (Lipinski definition) is 4. The Labute approximate surface area is 210 Å². The van der Waals surface area contributed by atoms with Gasteiger partial charge in [-0.25, -0.2) is 9.07 Å². The molecule has 36 heavy (non-hydrogen) atoms. The van der Waals surface area contributed by atoms with Gasteiger partial charge in [-0.3, -0.25) is 4.79 Å². The summed E-state index contributed by atoms with van der Waals surface area (Å²) < 4.78 is 27.9. The molecule has 0 bridgehead atoms. The third kappa shape index (κ3) is 5.25. The first kappa shape index (κ1) is 25.0. The lowest BCUT2D eigenvalue weighted by atomic mass is 10.1. The Morgan fingerprint density at radius 3 is 2.28 bits per heavy atom. The van der Waals surface area contributed by atoms with E-state index < -0.39 is 5.82 Å². The van der Waals surface area contributed by atoms with E-state index in [0.29, 0.717) is 23.8 Å². The molecule has 4 aromatic rings. The second kappa shape index (κ2) is 11.1. The van der Waals surface area contributed by atoms with E-state index in [9.17, 15) is 9.18 Å². The second-order valence-electron chi connectivity index (χ2n) is 8.56. The van der Waals surface area contributed by atoms with Crippen LogP contribution in [0.3, 0.4) is 0 Å². The molecule has 1 heterocycles. The number of amides is 1. The van der Waals surface area contributed by atoms with E-state index in [0.717, 1.165) is 16.9 Å². The minimum atomic E-state index is -0.540. The smallest absolute Gasteiger partial charge is 0.257 e. The standard InChI is InChI=1S/C29H30FN3O3/c1-5-20(2)32(28(34)25-13-9-10-14-27(25)30)19-26-21(3)31-33(22-11-7-6-8-12-22)29(26)36-24-17-15-23(35-4)16-18-24/h6-18,20H,5,19H2,1-4H3. The quantitative estimate of drug-likeness (QED) is 0.268. The summed E-state index contributed by atoms with van der Waals surface area (Å²) in [6.07, 6.45) is 0.709. The van der Waals surface area contributed by atoms with E-state index in [4.69, 9.17) is 14.6 Å². The van der Waals surface area contributed by atoms with E-state index in [1.165, 1.54) is 12.1 Å². The van der Waals surface area contributed by atoms with Crippen LogP contribution in [0.15, 0.2) is 78.9 Å². The number of methoxy groups -OCH3 is 1. The van der Waals surface area contributed by atoms with Gasteiger partial charge in [-0.2, -0.15) is 5.10 Å². The molecule has 0 radical (unpaired) electrons. The number of hydrogen-bond donors (Lipinski definition) is 0. The summed E-state index contributed by atoms with van der Waals surface area (Å²) in [7, 11) is 1.61. The predicted octanol–water partition coefficient (Wildman–Crippen LogP) is 6.56. The SMILES string of the molecule is CCC(C)N(Cc1c(C)nn(-c2ccccc2)c1Oc1ccc(OC)cc1)C(=O)c1ccccc1F. The summed E-state index contributed by atoms with van der Waals surface area (Å²) in [4.78, 5) is 15.2. The minimum Gasteiger partial charge on any atom is -0.497 e. The van der Waals surface area contributed by atoms with Crippen molar-refractivity contribution in [1.82, 2.24) is 14.7 Å². The number of nitrogens with zero attached hydrogens (tertiary/aromatic N) is 3. The molecule has 0 aliphatic carbocycles. The van der Waals surface area contributed by atoms with Crippen LogP contribution in [0, 0.1) is 12.7 Å². The van der Waals surface area contributed by atoms with Crippen LogP contribution in [0.2, 0.25) is 0 Å². The van der Waals surface area contributed by atoms with E-state index in [2.05, 4.69) is 0 Å². The molecule has 1 unspecified atom stereocenters. The first-order valence-electron chi connectivity index (χ1n) is 11.9. The molecule has 0 saturated carbocycles. The Balaban J connectivity index is 1.78. The number of benzene rings is 3. The number of aromatic nitrogens is 2. The fourth-order valence-corrected chi connectivity index (χ4v) is 3.93. The molecule has 0 saturated heterocycles. The molecule has 1 amide bonds. The molecule has 0 spiro atoms. The lowest BCUT2D eigenvalue weighted by Gasteiger charge is -2.29. The number of halogens is 1. The average Bonchev–Trinajstić information content (AvgIpc) is 3.22. The van der Waals surface area contributed by atoms with Gasteiger partial charge in [0.15, 0.2) is 0 Å².